The minimum absolute atomic E-state index is 0. The quantitative estimate of drug-likeness (QED) is 0.742. The molecule has 0 spiro atoms. The first-order valence-corrected chi connectivity index (χ1v) is 8.67. The molecule has 1 fully saturated rings. The van der Waals surface area contributed by atoms with Crippen molar-refractivity contribution in [3.63, 3.8) is 0 Å². The average Bonchev–Trinajstić information content (AvgIpc) is 2.49. The highest BCUT2D eigenvalue weighted by molar-refractivity contribution is 5.85. The van der Waals surface area contributed by atoms with Crippen LogP contribution in [0.4, 0.5) is 0 Å². The van der Waals surface area contributed by atoms with Crippen molar-refractivity contribution >= 4 is 24.2 Å². The predicted octanol–water partition coefficient (Wildman–Crippen LogP) is 2.33. The van der Waals surface area contributed by atoms with Crippen molar-refractivity contribution in [3.05, 3.63) is 0 Å². The molecule has 1 saturated heterocycles. The van der Waals surface area contributed by atoms with Gasteiger partial charge in [-0.15, -0.1) is 12.4 Å². The minimum Gasteiger partial charge on any atom is -0.353 e. The van der Waals surface area contributed by atoms with E-state index in [0.717, 1.165) is 38.8 Å². The molecule has 1 heterocycles. The first kappa shape index (κ1) is 22.2. The Morgan fingerprint density at radius 1 is 1.22 bits per heavy atom. The van der Waals surface area contributed by atoms with Crippen molar-refractivity contribution in [2.75, 3.05) is 19.6 Å². The van der Waals surface area contributed by atoms with Gasteiger partial charge in [0.25, 0.3) is 0 Å². The van der Waals surface area contributed by atoms with Crippen LogP contribution in [0.15, 0.2) is 0 Å². The molecule has 0 unspecified atom stereocenters. The Bertz CT molecular complexity index is 368. The predicted molar refractivity (Wildman–Crippen MR) is 96.5 cm³/mol. The van der Waals surface area contributed by atoms with Crippen LogP contribution in [0.25, 0.3) is 0 Å². The van der Waals surface area contributed by atoms with Gasteiger partial charge in [0.2, 0.25) is 11.8 Å². The summed E-state index contributed by atoms with van der Waals surface area (Å²) < 4.78 is 0. The van der Waals surface area contributed by atoms with E-state index in [1.807, 2.05) is 18.7 Å². The second-order valence-electron chi connectivity index (χ2n) is 6.92. The number of piperidine rings is 1. The summed E-state index contributed by atoms with van der Waals surface area (Å²) >= 11 is 0. The van der Waals surface area contributed by atoms with E-state index < -0.39 is 5.41 Å². The second-order valence-corrected chi connectivity index (χ2v) is 6.92. The van der Waals surface area contributed by atoms with Crippen molar-refractivity contribution in [3.8, 4) is 0 Å². The summed E-state index contributed by atoms with van der Waals surface area (Å²) in [5.41, 5.74) is 5.39. The Morgan fingerprint density at radius 3 is 2.13 bits per heavy atom. The number of rotatable bonds is 7. The van der Waals surface area contributed by atoms with Crippen LogP contribution in [-0.4, -0.2) is 42.4 Å². The zero-order valence-corrected chi connectivity index (χ0v) is 15.9. The normalized spacial score (nSPS) is 16.2. The molecule has 0 aromatic heterocycles. The lowest BCUT2D eigenvalue weighted by atomic mass is 9.81. The van der Waals surface area contributed by atoms with Crippen LogP contribution in [0.5, 0.6) is 0 Å². The Hall–Kier alpha value is -0.810. The molecule has 1 aliphatic rings. The average molecular weight is 348 g/mol. The van der Waals surface area contributed by atoms with E-state index in [-0.39, 0.29) is 30.3 Å². The molecule has 5 nitrogen and oxygen atoms in total. The van der Waals surface area contributed by atoms with Gasteiger partial charge < -0.3 is 16.0 Å². The minimum atomic E-state index is -0.440. The molecule has 1 aliphatic heterocycles. The summed E-state index contributed by atoms with van der Waals surface area (Å²) in [5.74, 6) is 0.703. The number of nitrogens with two attached hydrogens (primary N) is 1. The van der Waals surface area contributed by atoms with Crippen molar-refractivity contribution in [1.82, 2.24) is 10.2 Å². The maximum Gasteiger partial charge on any atom is 0.227 e. The highest BCUT2D eigenvalue weighted by Gasteiger charge is 2.35. The van der Waals surface area contributed by atoms with Gasteiger partial charge in [0, 0.05) is 32.1 Å². The number of hydrogen-bond donors (Lipinski definition) is 2. The largest absolute Gasteiger partial charge is 0.353 e. The zero-order chi connectivity index (χ0) is 16.8. The number of nitrogens with zero attached hydrogens (tertiary/aromatic N) is 1. The third kappa shape index (κ3) is 5.96. The molecule has 0 aromatic rings. The van der Waals surface area contributed by atoms with Gasteiger partial charge >= 0.3 is 0 Å². The maximum atomic E-state index is 12.5. The summed E-state index contributed by atoms with van der Waals surface area (Å²) in [6.45, 7) is 10.0. The Morgan fingerprint density at radius 2 is 1.74 bits per heavy atom. The molecular formula is C17H34ClN3O2. The molecule has 3 N–H and O–H groups in total. The first-order valence-electron chi connectivity index (χ1n) is 8.67. The molecule has 0 saturated carbocycles. The van der Waals surface area contributed by atoms with Crippen LogP contribution < -0.4 is 11.1 Å². The first-order chi connectivity index (χ1) is 10.4. The molecule has 0 aromatic carbocycles. The Balaban J connectivity index is 0.00000484. The van der Waals surface area contributed by atoms with Crippen LogP contribution in [0.2, 0.25) is 0 Å². The van der Waals surface area contributed by atoms with Gasteiger partial charge in [-0.3, -0.25) is 9.59 Å². The van der Waals surface area contributed by atoms with Gasteiger partial charge in [-0.25, -0.2) is 0 Å². The number of hydrogen-bond acceptors (Lipinski definition) is 3. The summed E-state index contributed by atoms with van der Waals surface area (Å²) in [4.78, 5) is 26.5. The lowest BCUT2D eigenvalue weighted by Crippen LogP contribution is -2.52. The monoisotopic (exact) mass is 347 g/mol. The molecule has 2 amide bonds. The highest BCUT2D eigenvalue weighted by Crippen LogP contribution is 2.26. The van der Waals surface area contributed by atoms with E-state index in [1.54, 1.807) is 0 Å². The molecule has 0 radical (unpaired) electrons. The highest BCUT2D eigenvalue weighted by atomic mass is 35.5. The van der Waals surface area contributed by atoms with Crippen LogP contribution >= 0.6 is 12.4 Å². The summed E-state index contributed by atoms with van der Waals surface area (Å²) in [6.07, 6.45) is 3.81. The van der Waals surface area contributed by atoms with Crippen molar-refractivity contribution in [2.45, 2.75) is 65.8 Å². The van der Waals surface area contributed by atoms with Gasteiger partial charge in [0.05, 0.1) is 5.41 Å². The van der Waals surface area contributed by atoms with E-state index in [1.165, 1.54) is 0 Å². The molecule has 23 heavy (non-hydrogen) atoms. The Kier molecular flexibility index (Phi) is 9.78. The van der Waals surface area contributed by atoms with Crippen molar-refractivity contribution < 1.29 is 9.59 Å². The van der Waals surface area contributed by atoms with Crippen molar-refractivity contribution in [1.29, 1.82) is 0 Å². The Labute approximate surface area is 147 Å². The number of amides is 2. The van der Waals surface area contributed by atoms with Gasteiger partial charge in [0.15, 0.2) is 0 Å². The molecule has 1 rings (SSSR count). The third-order valence-corrected chi connectivity index (χ3v) is 4.99. The number of likely N-dealkylation sites (tertiary alicyclic amines) is 1. The fourth-order valence-corrected chi connectivity index (χ4v) is 3.04. The van der Waals surface area contributed by atoms with Crippen LogP contribution in [0.1, 0.15) is 59.8 Å². The molecule has 6 heteroatoms. The van der Waals surface area contributed by atoms with E-state index in [4.69, 9.17) is 5.73 Å². The van der Waals surface area contributed by atoms with Crippen LogP contribution in [0, 0.1) is 11.3 Å². The van der Waals surface area contributed by atoms with Gasteiger partial charge in [0.1, 0.15) is 0 Å². The number of carbonyl (C=O) groups is 2. The van der Waals surface area contributed by atoms with E-state index in [2.05, 4.69) is 19.2 Å². The molecule has 0 bridgehead atoms. The number of nitrogens with one attached hydrogen (secondary N) is 1. The number of carbonyl (C=O) groups excluding carboxylic acids is 2. The molecule has 136 valence electrons. The zero-order valence-electron chi connectivity index (χ0n) is 15.1. The van der Waals surface area contributed by atoms with E-state index in [0.29, 0.717) is 18.9 Å². The summed E-state index contributed by atoms with van der Waals surface area (Å²) in [6, 6.07) is 0.166. The van der Waals surface area contributed by atoms with Crippen LogP contribution in [-0.2, 0) is 9.59 Å². The smallest absolute Gasteiger partial charge is 0.227 e. The summed E-state index contributed by atoms with van der Waals surface area (Å²) in [5, 5.41) is 3.16. The topological polar surface area (TPSA) is 75.4 Å². The SMILES string of the molecule is CCC(CC)(CN)C(=O)NC1CCN(C(=O)CC(C)C)CC1.Cl. The fraction of sp³-hybridized carbons (Fsp3) is 0.882. The lowest BCUT2D eigenvalue weighted by Gasteiger charge is -2.36. The molecule has 0 atom stereocenters. The fourth-order valence-electron chi connectivity index (χ4n) is 3.04. The van der Waals surface area contributed by atoms with Gasteiger partial charge in [-0.2, -0.15) is 0 Å². The number of halogens is 1. The summed E-state index contributed by atoms with van der Waals surface area (Å²) in [7, 11) is 0. The van der Waals surface area contributed by atoms with E-state index >= 15 is 0 Å². The van der Waals surface area contributed by atoms with Gasteiger partial charge in [-0.1, -0.05) is 27.7 Å². The lowest BCUT2D eigenvalue weighted by molar-refractivity contribution is -0.134. The van der Waals surface area contributed by atoms with Crippen molar-refractivity contribution in [2.24, 2.45) is 17.1 Å². The standard InChI is InChI=1S/C17H33N3O2.ClH/c1-5-17(6-2,12-18)16(22)19-14-7-9-20(10-8-14)15(21)11-13(3)4;/h13-14H,5-12,18H2,1-4H3,(H,19,22);1H. The van der Waals surface area contributed by atoms with Gasteiger partial charge in [-0.05, 0) is 31.6 Å². The van der Waals surface area contributed by atoms with Crippen LogP contribution in [0.3, 0.4) is 0 Å². The second kappa shape index (κ2) is 10.1. The van der Waals surface area contributed by atoms with E-state index in [9.17, 15) is 9.59 Å². The maximum absolute atomic E-state index is 12.5. The third-order valence-electron chi connectivity index (χ3n) is 4.99. The molecular weight excluding hydrogens is 314 g/mol. The molecule has 0 aliphatic carbocycles.